The molecule has 1 fully saturated rings. The van der Waals surface area contributed by atoms with Gasteiger partial charge in [-0.15, -0.1) is 0 Å². The Labute approximate surface area is 125 Å². The van der Waals surface area contributed by atoms with Gasteiger partial charge in [0.15, 0.2) is 9.84 Å². The third-order valence-corrected chi connectivity index (χ3v) is 5.56. The quantitative estimate of drug-likeness (QED) is 0.820. The molecule has 7 nitrogen and oxygen atoms in total. The van der Waals surface area contributed by atoms with Gasteiger partial charge in [0.25, 0.3) is 0 Å². The van der Waals surface area contributed by atoms with E-state index in [2.05, 4.69) is 20.2 Å². The molecule has 1 aliphatic heterocycles. The molecule has 0 radical (unpaired) electrons. The van der Waals surface area contributed by atoms with Crippen molar-refractivity contribution >= 4 is 21.6 Å². The molecule has 1 aromatic rings. The van der Waals surface area contributed by atoms with Crippen LogP contribution >= 0.6 is 0 Å². The van der Waals surface area contributed by atoms with Gasteiger partial charge in [-0.1, -0.05) is 0 Å². The molecule has 2 rings (SSSR count). The third-order valence-electron chi connectivity index (χ3n) is 3.35. The van der Waals surface area contributed by atoms with E-state index in [1.54, 1.807) is 26.1 Å². The van der Waals surface area contributed by atoms with E-state index in [-0.39, 0.29) is 11.0 Å². The Morgan fingerprint density at radius 3 is 2.76 bits per heavy atom. The van der Waals surface area contributed by atoms with Gasteiger partial charge in [0.1, 0.15) is 5.82 Å². The highest BCUT2D eigenvalue weighted by atomic mass is 32.2. The van der Waals surface area contributed by atoms with E-state index in [0.29, 0.717) is 31.5 Å². The van der Waals surface area contributed by atoms with E-state index in [1.807, 2.05) is 0 Å². The summed E-state index contributed by atoms with van der Waals surface area (Å²) in [4.78, 5) is 10.7. The number of nitrogens with one attached hydrogen (secondary N) is 1. The molecule has 21 heavy (non-hydrogen) atoms. The molecule has 1 saturated heterocycles. The summed E-state index contributed by atoms with van der Waals surface area (Å²) in [6.45, 7) is 6.62. The summed E-state index contributed by atoms with van der Waals surface area (Å²) in [5.41, 5.74) is 0. The van der Waals surface area contributed by atoms with Crippen LogP contribution < -0.4 is 10.2 Å². The van der Waals surface area contributed by atoms with Crippen LogP contribution in [0.4, 0.5) is 11.8 Å². The smallest absolute Gasteiger partial charge is 0.227 e. The van der Waals surface area contributed by atoms with E-state index >= 15 is 0 Å². The minimum absolute atomic E-state index is 0.0988. The molecule has 0 bridgehead atoms. The van der Waals surface area contributed by atoms with Crippen molar-refractivity contribution in [1.29, 1.82) is 0 Å². The molecule has 0 amide bonds. The van der Waals surface area contributed by atoms with Crippen molar-refractivity contribution in [3.05, 3.63) is 12.3 Å². The number of anilines is 2. The lowest BCUT2D eigenvalue weighted by Gasteiger charge is -2.26. The first-order valence-electron chi connectivity index (χ1n) is 7.10. The zero-order chi connectivity index (χ0) is 15.3. The van der Waals surface area contributed by atoms with Gasteiger partial charge < -0.3 is 15.0 Å². The van der Waals surface area contributed by atoms with E-state index in [9.17, 15) is 8.42 Å². The van der Waals surface area contributed by atoms with Crippen molar-refractivity contribution < 1.29 is 13.2 Å². The van der Waals surface area contributed by atoms with Gasteiger partial charge in [-0.25, -0.2) is 13.4 Å². The summed E-state index contributed by atoms with van der Waals surface area (Å²) in [5, 5.41) is 2.69. The summed E-state index contributed by atoms with van der Waals surface area (Å²) in [6.07, 6.45) is 1.68. The molecule has 1 aliphatic rings. The van der Waals surface area contributed by atoms with Crippen LogP contribution in [0.15, 0.2) is 12.3 Å². The van der Waals surface area contributed by atoms with Gasteiger partial charge in [-0.3, -0.25) is 0 Å². The van der Waals surface area contributed by atoms with Crippen LogP contribution in [-0.2, 0) is 14.6 Å². The van der Waals surface area contributed by atoms with Gasteiger partial charge in [0, 0.05) is 25.8 Å². The summed E-state index contributed by atoms with van der Waals surface area (Å²) < 4.78 is 28.8. The second-order valence-corrected chi connectivity index (χ2v) is 7.86. The summed E-state index contributed by atoms with van der Waals surface area (Å²) in [5.74, 6) is 1.39. The number of sulfone groups is 1. The van der Waals surface area contributed by atoms with Crippen molar-refractivity contribution in [1.82, 2.24) is 9.97 Å². The Bertz CT molecular complexity index is 556. The highest BCUT2D eigenvalue weighted by molar-refractivity contribution is 7.92. The summed E-state index contributed by atoms with van der Waals surface area (Å²) >= 11 is 0. The third kappa shape index (κ3) is 4.53. The second kappa shape index (κ2) is 7.04. The first-order chi connectivity index (χ1) is 9.99. The standard InChI is InChI=1S/C13H22N4O3S/c1-11(2)21(18,19)10-5-14-12-3-4-15-13(16-12)17-6-8-20-9-7-17/h3-4,11H,5-10H2,1-2H3,(H,14,15,16). The van der Waals surface area contributed by atoms with Gasteiger partial charge in [-0.05, 0) is 19.9 Å². The molecule has 0 saturated carbocycles. The number of ether oxygens (including phenoxy) is 1. The number of hydrogen-bond acceptors (Lipinski definition) is 7. The van der Waals surface area contributed by atoms with Crippen LogP contribution in [-0.4, -0.2) is 62.2 Å². The van der Waals surface area contributed by atoms with E-state index in [0.717, 1.165) is 13.1 Å². The topological polar surface area (TPSA) is 84.4 Å². The molecular formula is C13H22N4O3S. The minimum atomic E-state index is -3.03. The van der Waals surface area contributed by atoms with Crippen LogP contribution in [0.5, 0.6) is 0 Å². The largest absolute Gasteiger partial charge is 0.378 e. The Morgan fingerprint density at radius 1 is 1.38 bits per heavy atom. The maximum atomic E-state index is 11.7. The summed E-state index contributed by atoms with van der Waals surface area (Å²) in [7, 11) is -3.03. The molecule has 2 heterocycles. The SMILES string of the molecule is CC(C)S(=O)(=O)CCNc1ccnc(N2CCOCC2)n1. The number of hydrogen-bond donors (Lipinski definition) is 1. The number of rotatable bonds is 6. The molecule has 0 aliphatic carbocycles. The number of nitrogens with zero attached hydrogens (tertiary/aromatic N) is 3. The second-order valence-electron chi connectivity index (χ2n) is 5.18. The van der Waals surface area contributed by atoms with Crippen molar-refractivity contribution in [3.8, 4) is 0 Å². The van der Waals surface area contributed by atoms with Gasteiger partial charge >= 0.3 is 0 Å². The molecule has 0 atom stereocenters. The van der Waals surface area contributed by atoms with E-state index in [1.165, 1.54) is 0 Å². The predicted molar refractivity (Wildman–Crippen MR) is 82.5 cm³/mol. The Balaban J connectivity index is 1.92. The van der Waals surface area contributed by atoms with E-state index < -0.39 is 9.84 Å². The normalized spacial score (nSPS) is 16.2. The highest BCUT2D eigenvalue weighted by Gasteiger charge is 2.16. The maximum absolute atomic E-state index is 11.7. The average Bonchev–Trinajstić information content (AvgIpc) is 2.48. The molecule has 8 heteroatoms. The van der Waals surface area contributed by atoms with Gasteiger partial charge in [-0.2, -0.15) is 4.98 Å². The first-order valence-corrected chi connectivity index (χ1v) is 8.82. The van der Waals surface area contributed by atoms with E-state index in [4.69, 9.17) is 4.74 Å². The summed E-state index contributed by atoms with van der Waals surface area (Å²) in [6, 6.07) is 1.74. The number of aromatic nitrogens is 2. The lowest BCUT2D eigenvalue weighted by molar-refractivity contribution is 0.122. The van der Waals surface area contributed by atoms with Crippen LogP contribution in [0.1, 0.15) is 13.8 Å². The van der Waals surface area contributed by atoms with Crippen LogP contribution in [0.25, 0.3) is 0 Å². The van der Waals surface area contributed by atoms with Crippen molar-refractivity contribution in [2.75, 3.05) is 48.8 Å². The van der Waals surface area contributed by atoms with Crippen molar-refractivity contribution in [3.63, 3.8) is 0 Å². The fraction of sp³-hybridized carbons (Fsp3) is 0.692. The lowest BCUT2D eigenvalue weighted by Crippen LogP contribution is -2.37. The number of morpholine rings is 1. The van der Waals surface area contributed by atoms with Crippen LogP contribution in [0, 0.1) is 0 Å². The fourth-order valence-electron chi connectivity index (χ4n) is 1.92. The van der Waals surface area contributed by atoms with Gasteiger partial charge in [0.05, 0.1) is 24.2 Å². The maximum Gasteiger partial charge on any atom is 0.227 e. The van der Waals surface area contributed by atoms with Crippen molar-refractivity contribution in [2.45, 2.75) is 19.1 Å². The van der Waals surface area contributed by atoms with Crippen LogP contribution in [0.3, 0.4) is 0 Å². The lowest BCUT2D eigenvalue weighted by atomic mass is 10.4. The first kappa shape index (κ1) is 16.0. The zero-order valence-electron chi connectivity index (χ0n) is 12.4. The molecule has 1 N–H and O–H groups in total. The average molecular weight is 314 g/mol. The van der Waals surface area contributed by atoms with Crippen LogP contribution in [0.2, 0.25) is 0 Å². The predicted octanol–water partition coefficient (Wildman–Crippen LogP) is 0.548. The molecule has 0 spiro atoms. The monoisotopic (exact) mass is 314 g/mol. The molecule has 118 valence electrons. The Kier molecular flexibility index (Phi) is 5.35. The van der Waals surface area contributed by atoms with Gasteiger partial charge in [0.2, 0.25) is 5.95 Å². The zero-order valence-corrected chi connectivity index (χ0v) is 13.3. The van der Waals surface area contributed by atoms with Crippen molar-refractivity contribution in [2.24, 2.45) is 0 Å². The highest BCUT2D eigenvalue weighted by Crippen LogP contribution is 2.12. The molecule has 1 aromatic heterocycles. The minimum Gasteiger partial charge on any atom is -0.378 e. The Hall–Kier alpha value is -1.41. The Morgan fingerprint density at radius 2 is 2.10 bits per heavy atom. The molecular weight excluding hydrogens is 292 g/mol. The molecule has 0 unspecified atom stereocenters. The molecule has 0 aromatic carbocycles. The fourth-order valence-corrected chi connectivity index (χ4v) is 2.78.